The Balaban J connectivity index is 1.70. The highest BCUT2D eigenvalue weighted by molar-refractivity contribution is 6.12. The largest absolute Gasteiger partial charge is 0.372 e. The number of anilines is 1. The molecule has 1 aliphatic carbocycles. The Morgan fingerprint density at radius 3 is 2.62 bits per heavy atom. The molecule has 1 saturated heterocycles. The monoisotopic (exact) mass is 389 g/mol. The highest BCUT2D eigenvalue weighted by atomic mass is 16.1. The molecule has 1 aliphatic heterocycles. The van der Waals surface area contributed by atoms with Crippen molar-refractivity contribution in [3.05, 3.63) is 59.9 Å². The Morgan fingerprint density at radius 1 is 1.21 bits per heavy atom. The molecule has 0 amide bonds. The lowest BCUT2D eigenvalue weighted by molar-refractivity contribution is 0.0824. The molecule has 2 fully saturated rings. The van der Waals surface area contributed by atoms with Crippen molar-refractivity contribution in [2.45, 2.75) is 52.4 Å². The molecule has 152 valence electrons. The molecule has 4 rings (SSSR count). The summed E-state index contributed by atoms with van der Waals surface area (Å²) in [5, 5.41) is 0. The number of rotatable bonds is 6. The van der Waals surface area contributed by atoms with Crippen molar-refractivity contribution in [1.82, 2.24) is 4.98 Å². The summed E-state index contributed by atoms with van der Waals surface area (Å²) >= 11 is 0. The number of hydrogen-bond donors (Lipinski definition) is 1. The van der Waals surface area contributed by atoms with Gasteiger partial charge in [-0.3, -0.25) is 4.79 Å². The Kier molecular flexibility index (Phi) is 5.44. The van der Waals surface area contributed by atoms with E-state index in [0.717, 1.165) is 61.4 Å². The van der Waals surface area contributed by atoms with Crippen LogP contribution >= 0.6 is 0 Å². The predicted molar refractivity (Wildman–Crippen MR) is 121 cm³/mol. The minimum atomic E-state index is -0.261. The molecule has 2 heterocycles. The van der Waals surface area contributed by atoms with E-state index in [4.69, 9.17) is 4.99 Å². The fraction of sp³-hybridized carbons (Fsp3) is 0.440. The van der Waals surface area contributed by atoms with E-state index in [1.165, 1.54) is 18.5 Å². The number of aliphatic imine (C=N–C) groups is 1. The molecule has 0 unspecified atom stereocenters. The molecule has 29 heavy (non-hydrogen) atoms. The van der Waals surface area contributed by atoms with Crippen LogP contribution in [0.4, 0.5) is 11.4 Å². The topological polar surface area (TPSA) is 48.5 Å². The molecule has 0 radical (unpaired) electrons. The molecule has 4 nitrogen and oxygen atoms in total. The van der Waals surface area contributed by atoms with Gasteiger partial charge in [-0.1, -0.05) is 38.5 Å². The van der Waals surface area contributed by atoms with E-state index in [2.05, 4.69) is 47.7 Å². The highest BCUT2D eigenvalue weighted by Gasteiger charge is 2.38. The highest BCUT2D eigenvalue weighted by Crippen LogP contribution is 2.42. The lowest BCUT2D eigenvalue weighted by Crippen LogP contribution is -2.24. The number of ketones is 1. The fourth-order valence-electron chi connectivity index (χ4n) is 4.73. The van der Waals surface area contributed by atoms with E-state index in [1.807, 2.05) is 13.1 Å². The Labute approximate surface area is 173 Å². The number of aryl methyl sites for hydroxylation is 1. The fourth-order valence-corrected chi connectivity index (χ4v) is 4.73. The summed E-state index contributed by atoms with van der Waals surface area (Å²) in [6, 6.07) is 8.50. The van der Waals surface area contributed by atoms with E-state index in [9.17, 15) is 4.79 Å². The van der Waals surface area contributed by atoms with Gasteiger partial charge in [-0.25, -0.2) is 4.99 Å². The van der Waals surface area contributed by atoms with Gasteiger partial charge in [0.15, 0.2) is 5.78 Å². The van der Waals surface area contributed by atoms with Gasteiger partial charge in [-0.2, -0.15) is 0 Å². The van der Waals surface area contributed by atoms with E-state index in [1.54, 1.807) is 6.08 Å². The van der Waals surface area contributed by atoms with Crippen LogP contribution < -0.4 is 4.90 Å². The zero-order chi connectivity index (χ0) is 20.4. The number of nitrogens with zero attached hydrogens (tertiary/aromatic N) is 2. The maximum absolute atomic E-state index is 13.3. The summed E-state index contributed by atoms with van der Waals surface area (Å²) in [7, 11) is 0. The number of allylic oxidation sites excluding steroid dienone is 1. The number of hydrogen-bond acceptors (Lipinski definition) is 3. The lowest BCUT2D eigenvalue weighted by Gasteiger charge is -2.21. The molecular weight excluding hydrogens is 358 g/mol. The van der Waals surface area contributed by atoms with Crippen molar-refractivity contribution in [2.24, 2.45) is 10.4 Å². The Hall–Kier alpha value is -2.62. The molecule has 1 aromatic carbocycles. The Morgan fingerprint density at radius 2 is 1.93 bits per heavy atom. The quantitative estimate of drug-likeness (QED) is 0.487. The maximum atomic E-state index is 13.3. The van der Waals surface area contributed by atoms with Gasteiger partial charge in [0, 0.05) is 41.6 Å². The van der Waals surface area contributed by atoms with Crippen molar-refractivity contribution in [3.8, 4) is 0 Å². The van der Waals surface area contributed by atoms with Gasteiger partial charge >= 0.3 is 0 Å². The number of H-pyrrole nitrogens is 1. The third kappa shape index (κ3) is 3.81. The van der Waals surface area contributed by atoms with Crippen molar-refractivity contribution >= 4 is 22.9 Å². The second-order valence-electron chi connectivity index (χ2n) is 8.72. The van der Waals surface area contributed by atoms with Crippen molar-refractivity contribution in [3.63, 3.8) is 0 Å². The van der Waals surface area contributed by atoms with E-state index in [-0.39, 0.29) is 11.2 Å². The van der Waals surface area contributed by atoms with Crippen molar-refractivity contribution < 1.29 is 4.79 Å². The number of Topliss-reactive ketones (excluding diaryl/α,β-unsaturated/α-hetero) is 1. The van der Waals surface area contributed by atoms with Crippen LogP contribution in [-0.4, -0.2) is 29.6 Å². The van der Waals surface area contributed by atoms with Crippen LogP contribution in [0.25, 0.3) is 0 Å². The third-order valence-corrected chi connectivity index (χ3v) is 6.58. The molecular formula is C25H31N3O. The van der Waals surface area contributed by atoms with Gasteiger partial charge < -0.3 is 9.88 Å². The number of benzene rings is 1. The van der Waals surface area contributed by atoms with Crippen LogP contribution in [0.1, 0.15) is 67.1 Å². The van der Waals surface area contributed by atoms with Crippen molar-refractivity contribution in [1.29, 1.82) is 0 Å². The summed E-state index contributed by atoms with van der Waals surface area (Å²) in [4.78, 5) is 23.9. The second kappa shape index (κ2) is 8.02. The maximum Gasteiger partial charge on any atom is 0.172 e. The Bertz CT molecular complexity index is 941. The molecule has 4 heteroatoms. The smallest absolute Gasteiger partial charge is 0.172 e. The molecule has 0 atom stereocenters. The number of carbonyl (C=O) groups excluding carboxylic acids is 1. The van der Waals surface area contributed by atoms with Crippen LogP contribution in [0.2, 0.25) is 0 Å². The number of carbonyl (C=O) groups is 1. The first-order chi connectivity index (χ1) is 14.0. The van der Waals surface area contributed by atoms with E-state index < -0.39 is 0 Å². The van der Waals surface area contributed by atoms with Crippen LogP contribution in [0.5, 0.6) is 0 Å². The summed E-state index contributed by atoms with van der Waals surface area (Å²) in [5.74, 6) is 0.215. The SMILES string of the molecule is C=CC(=Nc1c(C(=O)C2(C)CCCC2)c[nH]c1C)c1cccc(N2CCCC2)c1. The minimum absolute atomic E-state index is 0.215. The summed E-state index contributed by atoms with van der Waals surface area (Å²) in [6.45, 7) is 10.3. The first-order valence-electron chi connectivity index (χ1n) is 10.8. The molecule has 1 aromatic heterocycles. The molecule has 2 aromatic rings. The van der Waals surface area contributed by atoms with Gasteiger partial charge in [0.25, 0.3) is 0 Å². The van der Waals surface area contributed by atoms with Gasteiger partial charge in [0.1, 0.15) is 0 Å². The predicted octanol–water partition coefficient (Wildman–Crippen LogP) is 5.99. The van der Waals surface area contributed by atoms with E-state index >= 15 is 0 Å². The lowest BCUT2D eigenvalue weighted by atomic mass is 9.81. The second-order valence-corrected chi connectivity index (χ2v) is 8.72. The number of nitrogens with one attached hydrogen (secondary N) is 1. The van der Waals surface area contributed by atoms with Crippen LogP contribution in [0.3, 0.4) is 0 Å². The van der Waals surface area contributed by atoms with Crippen LogP contribution in [-0.2, 0) is 0 Å². The average Bonchev–Trinajstić information content (AvgIpc) is 3.48. The van der Waals surface area contributed by atoms with Gasteiger partial charge in [-0.05, 0) is 50.8 Å². The molecule has 0 bridgehead atoms. The molecule has 1 saturated carbocycles. The standard InChI is InChI=1S/C25H31N3O/c1-4-22(19-10-9-11-20(16-19)28-14-7-8-15-28)27-23-18(2)26-17-21(23)24(29)25(3)12-5-6-13-25/h4,9-11,16-17,26H,1,5-8,12-15H2,2-3H3. The number of aromatic amines is 1. The van der Waals surface area contributed by atoms with Crippen LogP contribution in [0.15, 0.2) is 48.1 Å². The number of aromatic nitrogens is 1. The van der Waals surface area contributed by atoms with Gasteiger partial charge in [-0.15, -0.1) is 0 Å². The van der Waals surface area contributed by atoms with Gasteiger partial charge in [0.2, 0.25) is 0 Å². The summed E-state index contributed by atoms with van der Waals surface area (Å²) in [5.41, 5.74) is 5.20. The normalized spacial score (nSPS) is 19.0. The molecule has 2 aliphatic rings. The minimum Gasteiger partial charge on any atom is -0.372 e. The van der Waals surface area contributed by atoms with E-state index in [0.29, 0.717) is 5.56 Å². The van der Waals surface area contributed by atoms with Crippen molar-refractivity contribution in [2.75, 3.05) is 18.0 Å². The van der Waals surface area contributed by atoms with Gasteiger partial charge in [0.05, 0.1) is 17.0 Å². The zero-order valence-electron chi connectivity index (χ0n) is 17.6. The zero-order valence-corrected chi connectivity index (χ0v) is 17.6. The first-order valence-corrected chi connectivity index (χ1v) is 10.8. The average molecular weight is 390 g/mol. The first kappa shape index (κ1) is 19.7. The third-order valence-electron chi connectivity index (χ3n) is 6.58. The molecule has 1 N–H and O–H groups in total. The summed E-state index contributed by atoms with van der Waals surface area (Å²) < 4.78 is 0. The summed E-state index contributed by atoms with van der Waals surface area (Å²) in [6.07, 6.45) is 10.3. The molecule has 0 spiro atoms. The van der Waals surface area contributed by atoms with Crippen LogP contribution in [0, 0.1) is 12.3 Å².